The molecule has 1 unspecified atom stereocenters. The van der Waals surface area contributed by atoms with Gasteiger partial charge in [0.15, 0.2) is 0 Å². The van der Waals surface area contributed by atoms with Gasteiger partial charge >= 0.3 is 6.18 Å². The minimum atomic E-state index is -4.35. The number of alkyl halides is 3. The molecule has 3 N–H and O–H groups in total. The molecule has 0 radical (unpaired) electrons. The van der Waals surface area contributed by atoms with Crippen molar-refractivity contribution in [3.05, 3.63) is 28.3 Å². The van der Waals surface area contributed by atoms with E-state index in [2.05, 4.69) is 10.1 Å². The van der Waals surface area contributed by atoms with Crippen molar-refractivity contribution in [1.82, 2.24) is 0 Å². The molecule has 1 aromatic rings. The summed E-state index contributed by atoms with van der Waals surface area (Å²) in [5.41, 5.74) is 7.95. The quantitative estimate of drug-likeness (QED) is 0.819. The fourth-order valence-corrected chi connectivity index (χ4v) is 2.41. The topological polar surface area (TPSA) is 64.3 Å². The Morgan fingerprint density at radius 3 is 2.81 bits per heavy atom. The van der Waals surface area contributed by atoms with Gasteiger partial charge in [-0.3, -0.25) is 4.79 Å². The second-order valence-corrected chi connectivity index (χ2v) is 5.23. The molecule has 0 aromatic heterocycles. The van der Waals surface area contributed by atoms with E-state index in [0.29, 0.717) is 16.3 Å². The average molecular weight is 323 g/mol. The predicted molar refractivity (Wildman–Crippen MR) is 72.2 cm³/mol. The molecule has 1 heterocycles. The van der Waals surface area contributed by atoms with Crippen molar-refractivity contribution in [2.45, 2.75) is 25.1 Å². The summed E-state index contributed by atoms with van der Waals surface area (Å²) in [7, 11) is 0. The summed E-state index contributed by atoms with van der Waals surface area (Å²) in [4.78, 5) is 11.3. The van der Waals surface area contributed by atoms with Crippen molar-refractivity contribution in [2.75, 3.05) is 18.5 Å². The Labute approximate surface area is 124 Å². The highest BCUT2D eigenvalue weighted by Crippen LogP contribution is 2.33. The van der Waals surface area contributed by atoms with Crippen molar-refractivity contribution in [1.29, 1.82) is 0 Å². The lowest BCUT2D eigenvalue weighted by molar-refractivity contribution is -0.174. The van der Waals surface area contributed by atoms with E-state index in [9.17, 15) is 18.0 Å². The minimum absolute atomic E-state index is 0.120. The van der Waals surface area contributed by atoms with Gasteiger partial charge in [0.25, 0.3) is 0 Å². The van der Waals surface area contributed by atoms with Gasteiger partial charge in [0, 0.05) is 23.4 Å². The van der Waals surface area contributed by atoms with E-state index in [-0.39, 0.29) is 25.4 Å². The molecule has 0 fully saturated rings. The highest BCUT2D eigenvalue weighted by molar-refractivity contribution is 6.32. The number of hydrogen-bond donors (Lipinski definition) is 2. The number of nitrogens with two attached hydrogens (primary N) is 1. The third kappa shape index (κ3) is 4.33. The van der Waals surface area contributed by atoms with Crippen LogP contribution in [0, 0.1) is 0 Å². The lowest BCUT2D eigenvalue weighted by Crippen LogP contribution is -2.20. The predicted octanol–water partition coefficient (Wildman–Crippen LogP) is 2.80. The van der Waals surface area contributed by atoms with Crippen LogP contribution in [0.25, 0.3) is 0 Å². The maximum atomic E-state index is 11.9. The number of rotatable bonds is 5. The fourth-order valence-electron chi connectivity index (χ4n) is 2.10. The van der Waals surface area contributed by atoms with Crippen molar-refractivity contribution in [3.8, 4) is 0 Å². The van der Waals surface area contributed by atoms with Crippen LogP contribution in [0.2, 0.25) is 5.02 Å². The zero-order valence-electron chi connectivity index (χ0n) is 11.0. The van der Waals surface area contributed by atoms with E-state index in [0.717, 1.165) is 5.56 Å². The van der Waals surface area contributed by atoms with Gasteiger partial charge in [0.05, 0.1) is 6.42 Å². The molecule has 0 saturated heterocycles. The SMILES string of the molecule is NC(CCOCC(F)(F)F)c1cc2c(cc1Cl)NC(=O)C2. The Hall–Kier alpha value is -1.31. The minimum Gasteiger partial charge on any atom is -0.372 e. The molecule has 116 valence electrons. The third-order valence-electron chi connectivity index (χ3n) is 3.09. The van der Waals surface area contributed by atoms with Crippen LogP contribution in [0.5, 0.6) is 0 Å². The van der Waals surface area contributed by atoms with Crippen LogP contribution in [-0.4, -0.2) is 25.3 Å². The van der Waals surface area contributed by atoms with Gasteiger partial charge in [-0.15, -0.1) is 0 Å². The van der Waals surface area contributed by atoms with Crippen LogP contribution in [0.1, 0.15) is 23.6 Å². The van der Waals surface area contributed by atoms with E-state index in [1.807, 2.05) is 0 Å². The largest absolute Gasteiger partial charge is 0.411 e. The van der Waals surface area contributed by atoms with E-state index in [1.165, 1.54) is 0 Å². The monoisotopic (exact) mass is 322 g/mol. The number of hydrogen-bond acceptors (Lipinski definition) is 3. The Bertz CT molecular complexity index is 549. The van der Waals surface area contributed by atoms with Gasteiger partial charge in [0.2, 0.25) is 5.91 Å². The summed E-state index contributed by atoms with van der Waals surface area (Å²) < 4.78 is 40.3. The van der Waals surface area contributed by atoms with Crippen molar-refractivity contribution in [2.24, 2.45) is 5.73 Å². The van der Waals surface area contributed by atoms with Crippen LogP contribution in [0.15, 0.2) is 12.1 Å². The summed E-state index contributed by atoms with van der Waals surface area (Å²) in [5.74, 6) is -0.125. The lowest BCUT2D eigenvalue weighted by atomic mass is 10.0. The first-order valence-electron chi connectivity index (χ1n) is 6.28. The molecule has 1 amide bonds. The van der Waals surface area contributed by atoms with Crippen LogP contribution in [0.3, 0.4) is 0 Å². The Kier molecular flexibility index (Phi) is 4.75. The van der Waals surface area contributed by atoms with E-state index in [4.69, 9.17) is 17.3 Å². The maximum absolute atomic E-state index is 11.9. The number of carbonyl (C=O) groups is 1. The van der Waals surface area contributed by atoms with Crippen molar-refractivity contribution < 1.29 is 22.7 Å². The number of benzene rings is 1. The summed E-state index contributed by atoms with van der Waals surface area (Å²) >= 11 is 6.08. The van der Waals surface area contributed by atoms with Gasteiger partial charge in [-0.05, 0) is 23.6 Å². The van der Waals surface area contributed by atoms with Crippen LogP contribution >= 0.6 is 11.6 Å². The zero-order valence-corrected chi connectivity index (χ0v) is 11.7. The van der Waals surface area contributed by atoms with Gasteiger partial charge in [0.1, 0.15) is 6.61 Å². The van der Waals surface area contributed by atoms with Gasteiger partial charge < -0.3 is 15.8 Å². The number of anilines is 1. The number of halogens is 4. The first-order chi connectivity index (χ1) is 9.76. The van der Waals surface area contributed by atoms with Crippen LogP contribution in [0.4, 0.5) is 18.9 Å². The molecular formula is C13H14ClF3N2O2. The van der Waals surface area contributed by atoms with Crippen molar-refractivity contribution >= 4 is 23.2 Å². The van der Waals surface area contributed by atoms with E-state index in [1.54, 1.807) is 12.1 Å². The van der Waals surface area contributed by atoms with Gasteiger partial charge in [-0.2, -0.15) is 13.2 Å². The molecule has 0 saturated carbocycles. The zero-order chi connectivity index (χ0) is 15.6. The molecule has 1 aliphatic heterocycles. The molecule has 1 atom stereocenters. The number of ether oxygens (including phenoxy) is 1. The fraction of sp³-hybridized carbons (Fsp3) is 0.462. The molecule has 0 aliphatic carbocycles. The smallest absolute Gasteiger partial charge is 0.372 e. The first-order valence-corrected chi connectivity index (χ1v) is 6.66. The number of carbonyl (C=O) groups excluding carboxylic acids is 1. The summed E-state index contributed by atoms with van der Waals surface area (Å²) in [6, 6.07) is 2.77. The molecule has 2 rings (SSSR count). The second kappa shape index (κ2) is 6.21. The first kappa shape index (κ1) is 16.1. The number of amides is 1. The molecular weight excluding hydrogens is 309 g/mol. The number of nitrogens with one attached hydrogen (secondary N) is 1. The van der Waals surface area contributed by atoms with E-state index >= 15 is 0 Å². The second-order valence-electron chi connectivity index (χ2n) is 4.82. The van der Waals surface area contributed by atoms with Crippen LogP contribution in [-0.2, 0) is 16.0 Å². The normalized spacial score (nSPS) is 15.8. The summed E-state index contributed by atoms with van der Waals surface area (Å²) in [6.07, 6.45) is -3.89. The Morgan fingerprint density at radius 2 is 2.14 bits per heavy atom. The maximum Gasteiger partial charge on any atom is 0.411 e. The van der Waals surface area contributed by atoms with E-state index < -0.39 is 18.8 Å². The molecule has 21 heavy (non-hydrogen) atoms. The van der Waals surface area contributed by atoms with Gasteiger partial charge in [-0.1, -0.05) is 17.7 Å². The van der Waals surface area contributed by atoms with Gasteiger partial charge in [-0.25, -0.2) is 0 Å². The molecule has 0 spiro atoms. The van der Waals surface area contributed by atoms with Crippen molar-refractivity contribution in [3.63, 3.8) is 0 Å². The van der Waals surface area contributed by atoms with Crippen LogP contribution < -0.4 is 11.1 Å². The highest BCUT2D eigenvalue weighted by atomic mass is 35.5. The average Bonchev–Trinajstić information content (AvgIpc) is 2.71. The third-order valence-corrected chi connectivity index (χ3v) is 3.41. The molecule has 1 aromatic carbocycles. The Balaban J connectivity index is 1.95. The number of fused-ring (bicyclic) bond motifs is 1. The molecule has 1 aliphatic rings. The molecule has 0 bridgehead atoms. The summed E-state index contributed by atoms with van der Waals surface area (Å²) in [6.45, 7) is -1.42. The standard InChI is InChI=1S/C13H14ClF3N2O2/c14-9-5-11-7(4-12(20)19-11)3-8(9)10(18)1-2-21-6-13(15,16)17/h3,5,10H,1-2,4,6,18H2,(H,19,20). The Morgan fingerprint density at radius 1 is 1.43 bits per heavy atom. The lowest BCUT2D eigenvalue weighted by Gasteiger charge is -2.16. The molecule has 4 nitrogen and oxygen atoms in total. The molecule has 8 heteroatoms. The summed E-state index contributed by atoms with van der Waals surface area (Å²) in [5, 5.41) is 3.03. The highest BCUT2D eigenvalue weighted by Gasteiger charge is 2.27.